The van der Waals surface area contributed by atoms with Gasteiger partial charge >= 0.3 is 5.97 Å². The van der Waals surface area contributed by atoms with E-state index >= 15 is 0 Å². The Labute approximate surface area is 184 Å². The number of carboxylic acid groups (broad SMARTS) is 1. The first kappa shape index (κ1) is 21.4. The summed E-state index contributed by atoms with van der Waals surface area (Å²) in [5, 5.41) is 28.2. The fourth-order valence-electron chi connectivity index (χ4n) is 3.46. The molecule has 3 N–H and O–H groups in total. The highest BCUT2D eigenvalue weighted by Crippen LogP contribution is 2.44. The highest BCUT2D eigenvalue weighted by atomic mass is 35.5. The fraction of sp³-hybridized carbons (Fsp3) is 0.333. The van der Waals surface area contributed by atoms with Crippen LogP contribution in [0.1, 0.15) is 53.1 Å². The number of carboxylic acids is 1. The van der Waals surface area contributed by atoms with E-state index in [1.165, 1.54) is 24.3 Å². The van der Waals surface area contributed by atoms with Crippen molar-refractivity contribution >= 4 is 33.3 Å². The number of nitrogens with zero attached hydrogens (tertiary/aromatic N) is 1. The lowest BCUT2D eigenvalue weighted by molar-refractivity contribution is -0.0104. The van der Waals surface area contributed by atoms with Crippen molar-refractivity contribution in [2.24, 2.45) is 0 Å². The molecule has 2 aromatic rings. The molecule has 0 bridgehead atoms. The molecule has 8 nitrogen and oxygen atoms in total. The third-order valence-electron chi connectivity index (χ3n) is 5.36. The minimum atomic E-state index is -4.20. The van der Waals surface area contributed by atoms with E-state index in [2.05, 4.69) is 4.72 Å². The molecule has 162 valence electrons. The van der Waals surface area contributed by atoms with Crippen molar-refractivity contribution in [2.45, 2.75) is 48.7 Å². The molecular formula is C21H19ClN2O6S. The van der Waals surface area contributed by atoms with Gasteiger partial charge in [0.15, 0.2) is 0 Å². The summed E-state index contributed by atoms with van der Waals surface area (Å²) in [6, 6.07) is 8.60. The minimum Gasteiger partial charge on any atom is -0.488 e. The highest BCUT2D eigenvalue weighted by Gasteiger charge is 2.33. The molecule has 0 saturated heterocycles. The monoisotopic (exact) mass is 462 g/mol. The van der Waals surface area contributed by atoms with E-state index in [9.17, 15) is 28.7 Å². The summed E-state index contributed by atoms with van der Waals surface area (Å²) in [6.45, 7) is 0. The number of aliphatic hydroxyl groups is 1. The second-order valence-corrected chi connectivity index (χ2v) is 9.80. The van der Waals surface area contributed by atoms with Crippen LogP contribution in [-0.2, 0) is 10.0 Å². The third kappa shape index (κ3) is 4.46. The molecule has 0 heterocycles. The standard InChI is InChI=1S/C21H19ClN2O6S/c22-17-9-19(30-15-7-14(25)8-15)18(5-13(17)10-23)24-31(28,29)20-6-12(21(26)27)3-4-16(20)11-1-2-11/h3-6,9,11,14-15,24-25H,1-2,7-8H2,(H,26,27)/t14-,15+. The van der Waals surface area contributed by atoms with Crippen molar-refractivity contribution in [2.75, 3.05) is 4.72 Å². The predicted octanol–water partition coefficient (Wildman–Crippen LogP) is 3.49. The van der Waals surface area contributed by atoms with Crippen LogP contribution < -0.4 is 9.46 Å². The summed E-state index contributed by atoms with van der Waals surface area (Å²) in [5.74, 6) is -1.04. The average Bonchev–Trinajstić information content (AvgIpc) is 3.53. The van der Waals surface area contributed by atoms with Crippen molar-refractivity contribution in [3.8, 4) is 11.8 Å². The average molecular weight is 463 g/mol. The zero-order valence-electron chi connectivity index (χ0n) is 16.2. The Hall–Kier alpha value is -2.80. The molecule has 2 aliphatic rings. The van der Waals surface area contributed by atoms with Gasteiger partial charge < -0.3 is 14.9 Å². The zero-order valence-corrected chi connectivity index (χ0v) is 17.8. The van der Waals surface area contributed by atoms with Crippen molar-refractivity contribution < 1.29 is 28.2 Å². The quantitative estimate of drug-likeness (QED) is 0.572. The molecule has 0 unspecified atom stereocenters. The summed E-state index contributed by atoms with van der Waals surface area (Å²) in [6.07, 6.45) is 1.67. The number of rotatable bonds is 7. The number of hydrogen-bond donors (Lipinski definition) is 3. The molecule has 0 radical (unpaired) electrons. The Morgan fingerprint density at radius 2 is 1.94 bits per heavy atom. The first-order valence-electron chi connectivity index (χ1n) is 9.66. The number of sulfonamides is 1. The molecule has 2 fully saturated rings. The van der Waals surface area contributed by atoms with Gasteiger partial charge in [0.25, 0.3) is 10.0 Å². The molecule has 31 heavy (non-hydrogen) atoms. The van der Waals surface area contributed by atoms with E-state index in [1.807, 2.05) is 6.07 Å². The SMILES string of the molecule is N#Cc1cc(NS(=O)(=O)c2cc(C(=O)O)ccc2C2CC2)c(O[C@H]2C[C@@H](O)C2)cc1Cl. The van der Waals surface area contributed by atoms with Gasteiger partial charge in [0.2, 0.25) is 0 Å². The Morgan fingerprint density at radius 3 is 2.52 bits per heavy atom. The van der Waals surface area contributed by atoms with Crippen molar-refractivity contribution in [1.29, 1.82) is 5.26 Å². The molecule has 2 aliphatic carbocycles. The van der Waals surface area contributed by atoms with Crippen LogP contribution in [0.15, 0.2) is 35.2 Å². The minimum absolute atomic E-state index is 0.0183. The molecule has 10 heteroatoms. The second-order valence-electron chi connectivity index (χ2n) is 7.74. The molecule has 0 atom stereocenters. The van der Waals surface area contributed by atoms with Gasteiger partial charge in [-0.3, -0.25) is 4.72 Å². The number of carbonyl (C=O) groups is 1. The van der Waals surface area contributed by atoms with Crippen LogP contribution in [0.25, 0.3) is 0 Å². The van der Waals surface area contributed by atoms with Gasteiger partial charge in [-0.25, -0.2) is 13.2 Å². The normalized spacial score (nSPS) is 20.4. The molecule has 0 aliphatic heterocycles. The lowest BCUT2D eigenvalue weighted by atomic mass is 9.92. The topological polar surface area (TPSA) is 137 Å². The van der Waals surface area contributed by atoms with Crippen LogP contribution in [0, 0.1) is 11.3 Å². The van der Waals surface area contributed by atoms with Gasteiger partial charge in [-0.1, -0.05) is 17.7 Å². The number of halogens is 1. The Bertz CT molecular complexity index is 1200. The number of benzene rings is 2. The van der Waals surface area contributed by atoms with Gasteiger partial charge in [-0.05, 0) is 42.5 Å². The first-order chi connectivity index (χ1) is 14.7. The van der Waals surface area contributed by atoms with Crippen LogP contribution in [-0.4, -0.2) is 36.8 Å². The molecule has 2 saturated carbocycles. The van der Waals surface area contributed by atoms with E-state index in [0.717, 1.165) is 18.9 Å². The van der Waals surface area contributed by atoms with Gasteiger partial charge in [0.1, 0.15) is 17.9 Å². The Kier molecular flexibility index (Phi) is 5.56. The number of aromatic carboxylic acids is 1. The van der Waals surface area contributed by atoms with E-state index in [4.69, 9.17) is 16.3 Å². The van der Waals surface area contributed by atoms with E-state index in [0.29, 0.717) is 18.4 Å². The smallest absolute Gasteiger partial charge is 0.335 e. The van der Waals surface area contributed by atoms with Crippen LogP contribution in [0.2, 0.25) is 5.02 Å². The predicted molar refractivity (Wildman–Crippen MR) is 112 cm³/mol. The second kappa shape index (κ2) is 8.04. The number of nitrogens with one attached hydrogen (secondary N) is 1. The van der Waals surface area contributed by atoms with E-state index in [1.54, 1.807) is 0 Å². The summed E-state index contributed by atoms with van der Waals surface area (Å²) < 4.78 is 34.8. The summed E-state index contributed by atoms with van der Waals surface area (Å²) >= 11 is 6.10. The summed E-state index contributed by atoms with van der Waals surface area (Å²) in [5.41, 5.74) is 0.488. The van der Waals surface area contributed by atoms with Crippen molar-refractivity contribution in [1.82, 2.24) is 0 Å². The zero-order chi connectivity index (χ0) is 22.3. The Balaban J connectivity index is 1.73. The van der Waals surface area contributed by atoms with Crippen molar-refractivity contribution in [3.63, 3.8) is 0 Å². The maximum Gasteiger partial charge on any atom is 0.335 e. The maximum absolute atomic E-state index is 13.3. The van der Waals surface area contributed by atoms with Crippen LogP contribution in [0.5, 0.6) is 5.75 Å². The number of aliphatic hydroxyl groups excluding tert-OH is 1. The van der Waals surface area contributed by atoms with Gasteiger partial charge in [0.05, 0.1) is 32.8 Å². The lowest BCUT2D eigenvalue weighted by Crippen LogP contribution is -2.37. The Morgan fingerprint density at radius 1 is 1.23 bits per heavy atom. The summed E-state index contributed by atoms with van der Waals surface area (Å²) in [7, 11) is -4.20. The van der Waals surface area contributed by atoms with Crippen LogP contribution in [0.3, 0.4) is 0 Å². The largest absolute Gasteiger partial charge is 0.488 e. The molecule has 0 aromatic heterocycles. The fourth-order valence-corrected chi connectivity index (χ4v) is 5.05. The van der Waals surface area contributed by atoms with Gasteiger partial charge in [0, 0.05) is 18.9 Å². The highest BCUT2D eigenvalue weighted by molar-refractivity contribution is 7.92. The lowest BCUT2D eigenvalue weighted by Gasteiger charge is -2.32. The van der Waals surface area contributed by atoms with Crippen molar-refractivity contribution in [3.05, 3.63) is 52.0 Å². The third-order valence-corrected chi connectivity index (χ3v) is 7.10. The van der Waals surface area contributed by atoms with E-state index in [-0.39, 0.29) is 44.5 Å². The number of hydrogen-bond acceptors (Lipinski definition) is 6. The van der Waals surface area contributed by atoms with E-state index < -0.39 is 22.1 Å². The molecule has 4 rings (SSSR count). The van der Waals surface area contributed by atoms with Gasteiger partial charge in [-0.15, -0.1) is 0 Å². The van der Waals surface area contributed by atoms with Crippen LogP contribution in [0.4, 0.5) is 5.69 Å². The van der Waals surface area contributed by atoms with Gasteiger partial charge in [-0.2, -0.15) is 5.26 Å². The molecule has 0 spiro atoms. The summed E-state index contributed by atoms with van der Waals surface area (Å²) in [4.78, 5) is 11.3. The number of ether oxygens (including phenoxy) is 1. The molecule has 0 amide bonds. The number of nitriles is 1. The number of anilines is 1. The molecule has 2 aromatic carbocycles. The van der Waals surface area contributed by atoms with Crippen LogP contribution >= 0.6 is 11.6 Å². The maximum atomic E-state index is 13.3. The molecular weight excluding hydrogens is 444 g/mol. The first-order valence-corrected chi connectivity index (χ1v) is 11.5.